The lowest BCUT2D eigenvalue weighted by Gasteiger charge is -2.06. The molecular formula is C86H109F4NO. The molecule has 0 saturated heterocycles. The van der Waals surface area contributed by atoms with Crippen LogP contribution in [-0.4, -0.2) is 7.11 Å². The van der Waals surface area contributed by atoms with Gasteiger partial charge in [0.05, 0.1) is 24.3 Å². The van der Waals surface area contributed by atoms with Crippen LogP contribution in [0.4, 0.5) is 17.6 Å². The van der Waals surface area contributed by atoms with Crippen LogP contribution in [0.25, 0.3) is 0 Å². The Morgan fingerprint density at radius 1 is 0.467 bits per heavy atom. The average molecular weight is 1250 g/mol. The summed E-state index contributed by atoms with van der Waals surface area (Å²) >= 11 is 0. The minimum absolute atomic E-state index is 0.160. The summed E-state index contributed by atoms with van der Waals surface area (Å²) in [5, 5.41) is 8.45. The molecule has 0 N–H and O–H groups in total. The second kappa shape index (κ2) is 61.1. The highest BCUT2D eigenvalue weighted by Crippen LogP contribution is 2.29. The molecule has 8 rings (SSSR count). The van der Waals surface area contributed by atoms with E-state index in [1.807, 2.05) is 107 Å². The smallest absolute Gasteiger partial charge is 0.416 e. The number of rotatable bonds is 10. The maximum Gasteiger partial charge on any atom is 0.416 e. The van der Waals surface area contributed by atoms with Gasteiger partial charge in [0, 0.05) is 24.8 Å². The van der Waals surface area contributed by atoms with E-state index >= 15 is 0 Å². The fourth-order valence-corrected chi connectivity index (χ4v) is 7.09. The summed E-state index contributed by atoms with van der Waals surface area (Å²) in [7, 11) is 1.68. The number of aryl methyl sites for hydroxylation is 8. The van der Waals surface area contributed by atoms with Gasteiger partial charge in [0.1, 0.15) is 11.6 Å². The van der Waals surface area contributed by atoms with Gasteiger partial charge in [0.15, 0.2) is 0 Å². The first-order valence-corrected chi connectivity index (χ1v) is 32.5. The number of halogens is 4. The highest BCUT2D eigenvalue weighted by atomic mass is 19.4. The third-order valence-electron chi connectivity index (χ3n) is 12.6. The van der Waals surface area contributed by atoms with Crippen molar-refractivity contribution in [2.45, 2.75) is 187 Å². The summed E-state index contributed by atoms with van der Waals surface area (Å²) in [6.45, 7) is 31.1. The molecule has 0 heterocycles. The Morgan fingerprint density at radius 3 is 1.12 bits per heavy atom. The number of ether oxygens (including phenoxy) is 1. The van der Waals surface area contributed by atoms with E-state index in [-0.39, 0.29) is 5.82 Å². The van der Waals surface area contributed by atoms with E-state index in [1.165, 1.54) is 88.0 Å². The zero-order chi connectivity index (χ0) is 69.5. The van der Waals surface area contributed by atoms with Crippen molar-refractivity contribution in [1.82, 2.24) is 0 Å². The summed E-state index contributed by atoms with van der Waals surface area (Å²) in [5.41, 5.74) is 13.0. The highest BCUT2D eigenvalue weighted by Gasteiger charge is 2.29. The molecular weight excluding hydrogens is 1140 g/mol. The van der Waals surface area contributed by atoms with Crippen molar-refractivity contribution >= 4 is 0 Å². The zero-order valence-electron chi connectivity index (χ0n) is 58.7. The number of allylic oxidation sites excluding steroid dienone is 2. The van der Waals surface area contributed by atoms with Crippen LogP contribution in [0, 0.1) is 60.1 Å². The minimum atomic E-state index is -4.22. The molecule has 8 aromatic rings. The van der Waals surface area contributed by atoms with Gasteiger partial charge in [0.2, 0.25) is 0 Å². The summed E-state index contributed by atoms with van der Waals surface area (Å²) in [4.78, 5) is 0. The van der Waals surface area contributed by atoms with Crippen molar-refractivity contribution in [3.8, 4) is 47.8 Å². The maximum atomic E-state index is 12.2. The molecule has 0 atom stereocenters. The Balaban J connectivity index is -0.000000956. The largest absolute Gasteiger partial charge is 0.497 e. The number of terminal acetylenes is 1. The van der Waals surface area contributed by atoms with Crippen molar-refractivity contribution in [2.75, 3.05) is 7.11 Å². The first kappa shape index (κ1) is 87.4. The number of hydrogen-bond acceptors (Lipinski definition) is 2. The van der Waals surface area contributed by atoms with Gasteiger partial charge in [-0.3, -0.25) is 0 Å². The molecule has 2 nitrogen and oxygen atoms in total. The average Bonchev–Trinajstić information content (AvgIpc) is 2.00. The predicted molar refractivity (Wildman–Crippen MR) is 393 cm³/mol. The molecule has 0 aliphatic carbocycles. The molecule has 0 fully saturated rings. The van der Waals surface area contributed by atoms with E-state index in [2.05, 4.69) is 202 Å². The topological polar surface area (TPSA) is 33.0 Å². The number of alkyl halides is 3. The molecule has 0 radical (unpaired) electrons. The Hall–Kier alpha value is -8.81. The Morgan fingerprint density at radius 2 is 0.826 bits per heavy atom. The summed E-state index contributed by atoms with van der Waals surface area (Å²) in [6, 6.07) is 69.4. The van der Waals surface area contributed by atoms with E-state index in [9.17, 15) is 17.6 Å². The lowest BCUT2D eigenvalue weighted by molar-refractivity contribution is -0.137. The fraction of sp³-hybridized carbons (Fsp3) is 0.337. The maximum absolute atomic E-state index is 12.2. The SMILES string of the molecule is C#CCC.CC#CCC.CCC#Cc1ccccc1.CCC=C(C)C.CCCc1ccccc1.CCc1ccc(C#N)cc1.CCc1ccc(C(F)(F)F)cc1.CCc1ccc(C)cc1.CCc1ccc(F)cc1.CCc1ccc(OC)cc1.CCc1ccccc1. The van der Waals surface area contributed by atoms with Gasteiger partial charge >= 0.3 is 6.18 Å². The predicted octanol–water partition coefficient (Wildman–Crippen LogP) is 24.7. The van der Waals surface area contributed by atoms with Gasteiger partial charge in [-0.15, -0.1) is 24.2 Å². The fourth-order valence-electron chi connectivity index (χ4n) is 7.09. The zero-order valence-corrected chi connectivity index (χ0v) is 58.7. The molecule has 0 unspecified atom stereocenters. The molecule has 0 saturated carbocycles. The van der Waals surface area contributed by atoms with Gasteiger partial charge in [-0.05, 0) is 179 Å². The van der Waals surface area contributed by atoms with Crippen molar-refractivity contribution in [3.05, 3.63) is 291 Å². The van der Waals surface area contributed by atoms with E-state index in [0.29, 0.717) is 0 Å². The van der Waals surface area contributed by atoms with Gasteiger partial charge in [-0.2, -0.15) is 18.4 Å². The Labute approximate surface area is 557 Å². The van der Waals surface area contributed by atoms with Crippen LogP contribution in [0.5, 0.6) is 5.75 Å². The normalized spacial score (nSPS) is 8.98. The summed E-state index contributed by atoms with van der Waals surface area (Å²) in [6.07, 6.45) is 15.3. The number of nitriles is 1. The molecule has 0 spiro atoms. The van der Waals surface area contributed by atoms with Crippen molar-refractivity contribution in [1.29, 1.82) is 5.26 Å². The molecule has 0 aliphatic rings. The van der Waals surface area contributed by atoms with Gasteiger partial charge in [-0.25, -0.2) is 4.39 Å². The Kier molecular flexibility index (Phi) is 58.0. The number of benzene rings is 8. The molecule has 6 heteroatoms. The first-order valence-electron chi connectivity index (χ1n) is 32.5. The molecule has 92 heavy (non-hydrogen) atoms. The molecule has 0 aliphatic heterocycles. The standard InChI is InChI=1S/C10H10.C9H9F3.C9H9N.C9H12O.2C9H12.C8H9F.C8H10.C6H12.C5H8.C4H6/c1-2-3-7-10-8-5-4-6-9-10;1-2-7-3-5-8(6-4-7)9(10,11)12;1-2-8-3-5-9(7-10)6-4-8;1-3-8-4-6-9(10-2)7-5-8;1-3-9-6-4-8(2)5-7-9;1-2-6-9-7-4-3-5-8-9;1-2-7-3-5-8(9)6-4-7;1-2-8-6-4-3-5-7-8;1-4-5-6(2)3;1-3-5-4-2;1-3-4-2/h4-6,8-9H,2H2,1H3;3-6H,2H2,1H3;3-6H,2H2,1H3;4-7H,3H2,1-2H3;4-7H,3H2,1-2H3;3-5,7-8H,2,6H2,1H3;3-6H,2H2,1H3;3-7H,2H2,1H3;5H,4H2,1-3H3;3H2,1-2H3;1H,4H2,2H3. The summed E-state index contributed by atoms with van der Waals surface area (Å²) < 4.78 is 53.3. The second-order valence-electron chi connectivity index (χ2n) is 20.4. The van der Waals surface area contributed by atoms with Crippen LogP contribution < -0.4 is 4.74 Å². The van der Waals surface area contributed by atoms with Gasteiger partial charge in [0.25, 0.3) is 0 Å². The number of nitrogens with zero attached hydrogens (tertiary/aromatic N) is 1. The van der Waals surface area contributed by atoms with Crippen LogP contribution in [0.15, 0.2) is 224 Å². The van der Waals surface area contributed by atoms with E-state index < -0.39 is 11.7 Å². The number of methoxy groups -OCH3 is 1. The molecule has 0 aromatic heterocycles. The molecule has 0 amide bonds. The van der Waals surface area contributed by atoms with Crippen LogP contribution >= 0.6 is 0 Å². The van der Waals surface area contributed by atoms with Crippen LogP contribution in [0.2, 0.25) is 0 Å². The lowest BCUT2D eigenvalue weighted by atomic mass is 10.1. The van der Waals surface area contributed by atoms with Crippen molar-refractivity contribution in [2.24, 2.45) is 0 Å². The van der Waals surface area contributed by atoms with E-state index in [1.54, 1.807) is 19.2 Å². The van der Waals surface area contributed by atoms with Crippen LogP contribution in [0.1, 0.15) is 190 Å². The first-order chi connectivity index (χ1) is 44.3. The molecule has 492 valence electrons. The lowest BCUT2D eigenvalue weighted by Crippen LogP contribution is -2.04. The third-order valence-corrected chi connectivity index (χ3v) is 12.6. The van der Waals surface area contributed by atoms with Crippen LogP contribution in [0.3, 0.4) is 0 Å². The second-order valence-corrected chi connectivity index (χ2v) is 20.4. The highest BCUT2D eigenvalue weighted by molar-refractivity contribution is 5.34. The summed E-state index contributed by atoms with van der Waals surface area (Å²) in [5.74, 6) is 14.9. The van der Waals surface area contributed by atoms with E-state index in [0.717, 1.165) is 92.4 Å². The minimum Gasteiger partial charge on any atom is -0.497 e. The number of hydrogen-bond donors (Lipinski definition) is 0. The quantitative estimate of drug-likeness (QED) is 0.0777. The van der Waals surface area contributed by atoms with Crippen LogP contribution in [-0.2, 0) is 51.1 Å². The van der Waals surface area contributed by atoms with Gasteiger partial charge < -0.3 is 4.74 Å². The Bertz CT molecular complexity index is 3110. The van der Waals surface area contributed by atoms with Crippen molar-refractivity contribution in [3.63, 3.8) is 0 Å². The van der Waals surface area contributed by atoms with E-state index in [4.69, 9.17) is 16.4 Å². The molecule has 0 bridgehead atoms. The third kappa shape index (κ3) is 52.0. The molecule has 8 aromatic carbocycles. The van der Waals surface area contributed by atoms with Crippen molar-refractivity contribution < 1.29 is 22.3 Å². The van der Waals surface area contributed by atoms with Gasteiger partial charge in [-0.1, -0.05) is 263 Å². The monoisotopic (exact) mass is 1250 g/mol.